The van der Waals surface area contributed by atoms with E-state index in [1.165, 1.54) is 12.1 Å². The van der Waals surface area contributed by atoms with Crippen molar-refractivity contribution >= 4 is 46.9 Å². The number of amidine groups is 1. The summed E-state index contributed by atoms with van der Waals surface area (Å²) in [5.74, 6) is -1.50. The molecule has 10 heteroatoms. The van der Waals surface area contributed by atoms with Crippen molar-refractivity contribution in [1.82, 2.24) is 16.0 Å². The van der Waals surface area contributed by atoms with E-state index in [2.05, 4.69) is 16.0 Å². The maximum Gasteiger partial charge on any atom is 0.408 e. The molecule has 0 saturated carbocycles. The Kier molecular flexibility index (Phi) is 9.44. The highest BCUT2D eigenvalue weighted by Gasteiger charge is 2.30. The summed E-state index contributed by atoms with van der Waals surface area (Å²) in [7, 11) is 0. The molecule has 0 fully saturated rings. The molecule has 2 atom stereocenters. The summed E-state index contributed by atoms with van der Waals surface area (Å²) in [5, 5.41) is 16.7. The van der Waals surface area contributed by atoms with Crippen LogP contribution in [0.25, 0.3) is 0 Å². The molecule has 0 aliphatic carbocycles. The van der Waals surface area contributed by atoms with Gasteiger partial charge in [-0.25, -0.2) is 4.79 Å². The molecule has 36 heavy (non-hydrogen) atoms. The van der Waals surface area contributed by atoms with Crippen LogP contribution in [0, 0.1) is 5.41 Å². The van der Waals surface area contributed by atoms with Gasteiger partial charge in [0, 0.05) is 15.6 Å². The molecular formula is C26H24Cl2N4O4. The summed E-state index contributed by atoms with van der Waals surface area (Å²) < 4.78 is 4.94. The standard InChI is InChI=1S/C26H24Cl2N4O4/c1-2-36-26(35)31-22(18-11-7-13-20(28)15-18)24(33)30-21(17-10-6-12-19(27)14-17)25(34)32-23(29)16-8-4-3-5-9-16/h3-15,21-22H,2H2,1H3,(H,30,33)(H,31,35)(H2,29,32,34). The van der Waals surface area contributed by atoms with E-state index >= 15 is 0 Å². The summed E-state index contributed by atoms with van der Waals surface area (Å²) in [6, 6.07) is 19.0. The molecule has 0 spiro atoms. The van der Waals surface area contributed by atoms with Crippen LogP contribution in [0.5, 0.6) is 0 Å². The Hall–Kier alpha value is -3.88. The second kappa shape index (κ2) is 12.7. The number of nitrogens with one attached hydrogen (secondary N) is 4. The van der Waals surface area contributed by atoms with E-state index in [-0.39, 0.29) is 12.4 Å². The molecular weight excluding hydrogens is 503 g/mol. The third kappa shape index (κ3) is 7.31. The molecule has 0 aliphatic rings. The topological polar surface area (TPSA) is 120 Å². The van der Waals surface area contributed by atoms with Gasteiger partial charge in [0.15, 0.2) is 0 Å². The van der Waals surface area contributed by atoms with Crippen molar-refractivity contribution in [3.8, 4) is 0 Å². The fourth-order valence-corrected chi connectivity index (χ4v) is 3.76. The number of amides is 3. The number of alkyl carbamates (subject to hydrolysis) is 1. The van der Waals surface area contributed by atoms with Gasteiger partial charge >= 0.3 is 6.09 Å². The minimum atomic E-state index is -1.23. The normalized spacial score (nSPS) is 12.1. The van der Waals surface area contributed by atoms with Crippen LogP contribution in [0.1, 0.15) is 35.7 Å². The molecule has 186 valence electrons. The highest BCUT2D eigenvalue weighted by atomic mass is 35.5. The second-order valence-electron chi connectivity index (χ2n) is 7.58. The monoisotopic (exact) mass is 526 g/mol. The van der Waals surface area contributed by atoms with E-state index in [9.17, 15) is 14.4 Å². The second-order valence-corrected chi connectivity index (χ2v) is 8.45. The van der Waals surface area contributed by atoms with Crippen molar-refractivity contribution in [2.45, 2.75) is 19.0 Å². The Morgan fingerprint density at radius 2 is 1.36 bits per heavy atom. The zero-order valence-electron chi connectivity index (χ0n) is 19.3. The van der Waals surface area contributed by atoms with Crippen LogP contribution in [0.3, 0.4) is 0 Å². The van der Waals surface area contributed by atoms with Crippen LogP contribution in [-0.2, 0) is 14.3 Å². The lowest BCUT2D eigenvalue weighted by molar-refractivity contribution is -0.129. The minimum Gasteiger partial charge on any atom is -0.450 e. The maximum atomic E-state index is 13.4. The number of ether oxygens (including phenoxy) is 1. The number of benzene rings is 3. The fraction of sp³-hybridized carbons (Fsp3) is 0.154. The van der Waals surface area contributed by atoms with Gasteiger partial charge in [-0.3, -0.25) is 15.0 Å². The predicted octanol–water partition coefficient (Wildman–Crippen LogP) is 4.78. The van der Waals surface area contributed by atoms with E-state index in [1.807, 2.05) is 0 Å². The van der Waals surface area contributed by atoms with Gasteiger partial charge in [0.25, 0.3) is 5.91 Å². The summed E-state index contributed by atoms with van der Waals surface area (Å²) in [5.41, 5.74) is 1.26. The van der Waals surface area contributed by atoms with Crippen molar-refractivity contribution in [3.63, 3.8) is 0 Å². The quantitative estimate of drug-likeness (QED) is 0.249. The van der Waals surface area contributed by atoms with Gasteiger partial charge in [-0.15, -0.1) is 0 Å². The first kappa shape index (κ1) is 26.7. The summed E-state index contributed by atoms with van der Waals surface area (Å²) >= 11 is 12.2. The zero-order chi connectivity index (χ0) is 26.1. The van der Waals surface area contributed by atoms with Crippen LogP contribution in [0.4, 0.5) is 4.79 Å². The number of halogens is 2. The largest absolute Gasteiger partial charge is 0.450 e. The van der Waals surface area contributed by atoms with Gasteiger partial charge < -0.3 is 20.7 Å². The smallest absolute Gasteiger partial charge is 0.408 e. The first-order valence-electron chi connectivity index (χ1n) is 11.0. The third-order valence-electron chi connectivity index (χ3n) is 5.02. The first-order valence-corrected chi connectivity index (χ1v) is 11.7. The number of carbonyl (C=O) groups excluding carboxylic acids is 3. The Labute approximate surface area is 218 Å². The van der Waals surface area contributed by atoms with Crippen LogP contribution in [0.2, 0.25) is 10.0 Å². The van der Waals surface area contributed by atoms with Gasteiger partial charge in [-0.2, -0.15) is 0 Å². The number of carbonyl (C=O) groups is 3. The lowest BCUT2D eigenvalue weighted by atomic mass is 10.0. The van der Waals surface area contributed by atoms with Gasteiger partial charge in [-0.05, 0) is 42.3 Å². The maximum absolute atomic E-state index is 13.4. The Bertz CT molecular complexity index is 1250. The van der Waals surface area contributed by atoms with Gasteiger partial charge in [0.2, 0.25) is 5.91 Å². The van der Waals surface area contributed by atoms with E-state index in [4.69, 9.17) is 33.3 Å². The van der Waals surface area contributed by atoms with Crippen LogP contribution < -0.4 is 16.0 Å². The third-order valence-corrected chi connectivity index (χ3v) is 5.49. The fourth-order valence-electron chi connectivity index (χ4n) is 3.36. The average Bonchev–Trinajstić information content (AvgIpc) is 2.86. The summed E-state index contributed by atoms with van der Waals surface area (Å²) in [6.07, 6.45) is -0.813. The molecule has 3 amide bonds. The lowest BCUT2D eigenvalue weighted by Gasteiger charge is -2.24. The molecule has 3 aromatic carbocycles. The zero-order valence-corrected chi connectivity index (χ0v) is 20.8. The van der Waals surface area contributed by atoms with Crippen molar-refractivity contribution in [2.24, 2.45) is 0 Å². The average molecular weight is 527 g/mol. The summed E-state index contributed by atoms with van der Waals surface area (Å²) in [4.78, 5) is 38.9. The van der Waals surface area contributed by atoms with Gasteiger partial charge in [0.1, 0.15) is 17.9 Å². The molecule has 0 heterocycles. The van der Waals surface area contributed by atoms with Crippen molar-refractivity contribution in [3.05, 3.63) is 106 Å². The minimum absolute atomic E-state index is 0.102. The molecule has 0 aromatic heterocycles. The van der Waals surface area contributed by atoms with Crippen LogP contribution in [-0.4, -0.2) is 30.4 Å². The Morgan fingerprint density at radius 1 is 0.806 bits per heavy atom. The molecule has 2 unspecified atom stereocenters. The van der Waals surface area contributed by atoms with Crippen LogP contribution in [0.15, 0.2) is 78.9 Å². The van der Waals surface area contributed by atoms with Crippen molar-refractivity contribution in [1.29, 1.82) is 5.41 Å². The number of hydrogen-bond donors (Lipinski definition) is 4. The SMILES string of the molecule is CCOC(=O)NC(C(=O)NC(C(=O)NC(=N)c1ccccc1)c1cccc(Cl)c1)c1cccc(Cl)c1. The molecule has 3 aromatic rings. The Morgan fingerprint density at radius 3 is 1.89 bits per heavy atom. The van der Waals surface area contributed by atoms with Crippen molar-refractivity contribution in [2.75, 3.05) is 6.61 Å². The van der Waals surface area contributed by atoms with E-state index in [0.717, 1.165) is 0 Å². The predicted molar refractivity (Wildman–Crippen MR) is 138 cm³/mol. The van der Waals surface area contributed by atoms with E-state index in [1.54, 1.807) is 73.7 Å². The molecule has 8 nitrogen and oxygen atoms in total. The molecule has 0 radical (unpaired) electrons. The first-order chi connectivity index (χ1) is 17.3. The lowest BCUT2D eigenvalue weighted by Crippen LogP contribution is -2.47. The number of hydrogen-bond acceptors (Lipinski definition) is 5. The van der Waals surface area contributed by atoms with E-state index < -0.39 is 30.0 Å². The Balaban J connectivity index is 1.91. The highest BCUT2D eigenvalue weighted by molar-refractivity contribution is 6.31. The van der Waals surface area contributed by atoms with Gasteiger partial charge in [-0.1, -0.05) is 77.8 Å². The van der Waals surface area contributed by atoms with E-state index in [0.29, 0.717) is 26.7 Å². The molecule has 4 N–H and O–H groups in total. The molecule has 0 bridgehead atoms. The molecule has 3 rings (SSSR count). The molecule has 0 saturated heterocycles. The molecule has 0 aliphatic heterocycles. The number of rotatable bonds is 8. The van der Waals surface area contributed by atoms with Crippen LogP contribution >= 0.6 is 23.2 Å². The highest BCUT2D eigenvalue weighted by Crippen LogP contribution is 2.22. The van der Waals surface area contributed by atoms with Gasteiger partial charge in [0.05, 0.1) is 6.61 Å². The summed E-state index contributed by atoms with van der Waals surface area (Å²) in [6.45, 7) is 1.74. The van der Waals surface area contributed by atoms with Crippen molar-refractivity contribution < 1.29 is 19.1 Å².